The van der Waals surface area contributed by atoms with E-state index in [2.05, 4.69) is 15.5 Å². The lowest BCUT2D eigenvalue weighted by molar-refractivity contribution is -0.138. The number of nitrogens with one attached hydrogen (secondary N) is 2. The molecular formula is C12H19ClN4O. The van der Waals surface area contributed by atoms with Crippen LogP contribution in [0.25, 0.3) is 0 Å². The Morgan fingerprint density at radius 2 is 2.06 bits per heavy atom. The number of carbonyl (C=O) groups excluding carboxylic acids is 1. The van der Waals surface area contributed by atoms with Gasteiger partial charge >= 0.3 is 0 Å². The molecule has 6 heteroatoms. The number of nitrogens with zero attached hydrogens (tertiary/aromatic N) is 2. The van der Waals surface area contributed by atoms with Gasteiger partial charge in [-0.15, -0.1) is 12.4 Å². The summed E-state index contributed by atoms with van der Waals surface area (Å²) in [5.74, 6) is 1.12. The molecule has 5 nitrogen and oxygen atoms in total. The van der Waals surface area contributed by atoms with E-state index in [0.717, 1.165) is 39.0 Å². The minimum absolute atomic E-state index is 0. The molecule has 0 unspecified atom stereocenters. The van der Waals surface area contributed by atoms with Crippen molar-refractivity contribution in [1.82, 2.24) is 20.4 Å². The van der Waals surface area contributed by atoms with Crippen LogP contribution in [-0.2, 0) is 4.79 Å². The zero-order valence-electron chi connectivity index (χ0n) is 10.3. The number of hydrogen-bond acceptors (Lipinski definition) is 3. The largest absolute Gasteiger partial charge is 0.342 e. The molecule has 2 saturated heterocycles. The second kappa shape index (κ2) is 5.71. The van der Waals surface area contributed by atoms with Gasteiger partial charge in [-0.3, -0.25) is 9.89 Å². The molecule has 2 aliphatic heterocycles. The first-order chi connectivity index (χ1) is 8.34. The molecule has 0 bridgehead atoms. The van der Waals surface area contributed by atoms with Crippen molar-refractivity contribution >= 4 is 18.3 Å². The van der Waals surface area contributed by atoms with Crippen LogP contribution < -0.4 is 5.32 Å². The zero-order valence-corrected chi connectivity index (χ0v) is 11.1. The van der Waals surface area contributed by atoms with Gasteiger partial charge in [0.05, 0.1) is 5.92 Å². The molecule has 100 valence electrons. The van der Waals surface area contributed by atoms with E-state index in [4.69, 9.17) is 0 Å². The Labute approximate surface area is 113 Å². The fourth-order valence-corrected chi connectivity index (χ4v) is 2.63. The lowest BCUT2D eigenvalue weighted by Crippen LogP contribution is -2.53. The molecule has 1 amide bonds. The van der Waals surface area contributed by atoms with Crippen molar-refractivity contribution in [2.45, 2.75) is 18.8 Å². The molecule has 2 fully saturated rings. The molecule has 0 spiro atoms. The maximum absolute atomic E-state index is 12.0. The smallest absolute Gasteiger partial charge is 0.228 e. The number of amides is 1. The molecule has 18 heavy (non-hydrogen) atoms. The van der Waals surface area contributed by atoms with Gasteiger partial charge < -0.3 is 10.2 Å². The highest BCUT2D eigenvalue weighted by atomic mass is 35.5. The number of halogens is 1. The van der Waals surface area contributed by atoms with Crippen LogP contribution in [0, 0.1) is 5.92 Å². The topological polar surface area (TPSA) is 61.0 Å². The zero-order chi connectivity index (χ0) is 11.7. The van der Waals surface area contributed by atoms with Crippen molar-refractivity contribution in [2.75, 3.05) is 26.2 Å². The van der Waals surface area contributed by atoms with Crippen molar-refractivity contribution < 1.29 is 4.79 Å². The van der Waals surface area contributed by atoms with E-state index in [-0.39, 0.29) is 18.3 Å². The standard InChI is InChI=1S/C12H18N4O.ClH/c17-12(10-7-13-8-10)16-5-2-9(3-6-16)11-1-4-14-15-11;/h1,4,9-10,13H,2-3,5-8H2,(H,14,15);1H. The van der Waals surface area contributed by atoms with Gasteiger partial charge in [-0.2, -0.15) is 5.10 Å². The van der Waals surface area contributed by atoms with E-state index in [1.165, 1.54) is 5.69 Å². The van der Waals surface area contributed by atoms with Crippen molar-refractivity contribution in [3.05, 3.63) is 18.0 Å². The molecule has 0 saturated carbocycles. The Bertz CT molecular complexity index is 383. The van der Waals surface area contributed by atoms with E-state index in [0.29, 0.717) is 11.8 Å². The van der Waals surface area contributed by atoms with Gasteiger partial charge in [0.1, 0.15) is 0 Å². The molecule has 0 aliphatic carbocycles. The Morgan fingerprint density at radius 3 is 2.56 bits per heavy atom. The van der Waals surface area contributed by atoms with E-state index in [1.54, 1.807) is 6.20 Å². The van der Waals surface area contributed by atoms with Crippen LogP contribution in [0.2, 0.25) is 0 Å². The Balaban J connectivity index is 0.00000120. The molecule has 0 radical (unpaired) electrons. The second-order valence-corrected chi connectivity index (χ2v) is 4.97. The van der Waals surface area contributed by atoms with Crippen LogP contribution in [0.3, 0.4) is 0 Å². The first-order valence-corrected chi connectivity index (χ1v) is 6.33. The minimum Gasteiger partial charge on any atom is -0.342 e. The van der Waals surface area contributed by atoms with Gasteiger partial charge in [-0.05, 0) is 18.9 Å². The van der Waals surface area contributed by atoms with Crippen LogP contribution in [0.5, 0.6) is 0 Å². The summed E-state index contributed by atoms with van der Waals surface area (Å²) in [4.78, 5) is 14.1. The van der Waals surface area contributed by atoms with Crippen LogP contribution in [0.1, 0.15) is 24.5 Å². The normalized spacial score (nSPS) is 21.2. The van der Waals surface area contributed by atoms with Crippen molar-refractivity contribution in [3.8, 4) is 0 Å². The average Bonchev–Trinajstić information content (AvgIpc) is 2.80. The summed E-state index contributed by atoms with van der Waals surface area (Å²) >= 11 is 0. The highest BCUT2D eigenvalue weighted by molar-refractivity contribution is 5.85. The lowest BCUT2D eigenvalue weighted by atomic mass is 9.92. The number of likely N-dealkylation sites (tertiary alicyclic amines) is 1. The predicted octanol–water partition coefficient (Wildman–Crippen LogP) is 0.757. The Morgan fingerprint density at radius 1 is 1.33 bits per heavy atom. The van der Waals surface area contributed by atoms with Crippen LogP contribution in [-0.4, -0.2) is 47.2 Å². The monoisotopic (exact) mass is 270 g/mol. The fourth-order valence-electron chi connectivity index (χ4n) is 2.63. The molecule has 1 aromatic heterocycles. The Kier molecular flexibility index (Phi) is 4.24. The third-order valence-electron chi connectivity index (χ3n) is 3.90. The molecule has 2 aliphatic rings. The van der Waals surface area contributed by atoms with Gasteiger partial charge in [0, 0.05) is 44.0 Å². The number of aromatic nitrogens is 2. The van der Waals surface area contributed by atoms with Crippen molar-refractivity contribution in [1.29, 1.82) is 0 Å². The van der Waals surface area contributed by atoms with E-state index >= 15 is 0 Å². The van der Waals surface area contributed by atoms with E-state index in [1.807, 2.05) is 11.0 Å². The fraction of sp³-hybridized carbons (Fsp3) is 0.667. The number of hydrogen-bond donors (Lipinski definition) is 2. The first kappa shape index (κ1) is 13.4. The van der Waals surface area contributed by atoms with Crippen LogP contribution in [0.4, 0.5) is 0 Å². The number of rotatable bonds is 2. The first-order valence-electron chi connectivity index (χ1n) is 6.33. The lowest BCUT2D eigenvalue weighted by Gasteiger charge is -2.36. The van der Waals surface area contributed by atoms with Gasteiger partial charge in [0.15, 0.2) is 0 Å². The Hall–Kier alpha value is -1.07. The number of carbonyl (C=O) groups is 1. The minimum atomic E-state index is 0. The van der Waals surface area contributed by atoms with Crippen LogP contribution in [0.15, 0.2) is 12.3 Å². The maximum Gasteiger partial charge on any atom is 0.228 e. The van der Waals surface area contributed by atoms with Gasteiger partial charge in [0.25, 0.3) is 0 Å². The van der Waals surface area contributed by atoms with Gasteiger partial charge in [-0.25, -0.2) is 0 Å². The quantitative estimate of drug-likeness (QED) is 0.834. The molecule has 2 N–H and O–H groups in total. The van der Waals surface area contributed by atoms with Gasteiger partial charge in [0.2, 0.25) is 5.91 Å². The predicted molar refractivity (Wildman–Crippen MR) is 70.8 cm³/mol. The third kappa shape index (κ3) is 2.52. The van der Waals surface area contributed by atoms with E-state index < -0.39 is 0 Å². The van der Waals surface area contributed by atoms with E-state index in [9.17, 15) is 4.79 Å². The number of aromatic amines is 1. The summed E-state index contributed by atoms with van der Waals surface area (Å²) in [5.41, 5.74) is 1.21. The summed E-state index contributed by atoms with van der Waals surface area (Å²) in [6.45, 7) is 3.50. The summed E-state index contributed by atoms with van der Waals surface area (Å²) in [5, 5.41) is 10.2. The van der Waals surface area contributed by atoms with Crippen molar-refractivity contribution in [2.24, 2.45) is 5.92 Å². The molecule has 1 aromatic rings. The number of piperidine rings is 1. The highest BCUT2D eigenvalue weighted by Crippen LogP contribution is 2.27. The highest BCUT2D eigenvalue weighted by Gasteiger charge is 2.31. The second-order valence-electron chi connectivity index (χ2n) is 4.97. The summed E-state index contributed by atoms with van der Waals surface area (Å²) in [6.07, 6.45) is 3.90. The van der Waals surface area contributed by atoms with Gasteiger partial charge in [-0.1, -0.05) is 0 Å². The molecule has 3 heterocycles. The third-order valence-corrected chi connectivity index (χ3v) is 3.90. The summed E-state index contributed by atoms with van der Waals surface area (Å²) in [7, 11) is 0. The van der Waals surface area contributed by atoms with Crippen LogP contribution >= 0.6 is 12.4 Å². The maximum atomic E-state index is 12.0. The molecule has 0 atom stereocenters. The van der Waals surface area contributed by atoms with Crippen molar-refractivity contribution in [3.63, 3.8) is 0 Å². The molecule has 0 aromatic carbocycles. The molecule has 3 rings (SSSR count). The summed E-state index contributed by atoms with van der Waals surface area (Å²) < 4.78 is 0. The average molecular weight is 271 g/mol. The SMILES string of the molecule is Cl.O=C(C1CNC1)N1CCC(c2ccn[nH]2)CC1. The number of H-pyrrole nitrogens is 1. The summed E-state index contributed by atoms with van der Waals surface area (Å²) in [6, 6.07) is 2.04. The molecular weight excluding hydrogens is 252 g/mol.